The van der Waals surface area contributed by atoms with E-state index in [2.05, 4.69) is 60.3 Å². The first-order valence-electron chi connectivity index (χ1n) is 9.60. The first kappa shape index (κ1) is 19.4. The van der Waals surface area contributed by atoms with Crippen LogP contribution in [-0.2, 0) is 5.41 Å². The summed E-state index contributed by atoms with van der Waals surface area (Å²) in [7, 11) is 0. The lowest BCUT2D eigenvalue weighted by molar-refractivity contribution is 0.590. The van der Waals surface area contributed by atoms with Gasteiger partial charge in [0.2, 0.25) is 0 Å². The topological polar surface area (TPSA) is 55.1 Å². The average Bonchev–Trinajstić information content (AvgIpc) is 3.09. The minimum Gasteiger partial charge on any atom is -0.340 e. The van der Waals surface area contributed by atoms with Crippen molar-refractivity contribution in [1.29, 1.82) is 0 Å². The summed E-state index contributed by atoms with van der Waals surface area (Å²) >= 11 is 6.27. The number of rotatable bonds is 3. The second-order valence-corrected chi connectivity index (χ2v) is 8.70. The van der Waals surface area contributed by atoms with E-state index in [4.69, 9.17) is 16.7 Å². The maximum Gasteiger partial charge on any atom is 0.254 e. The number of anilines is 2. The molecule has 0 fully saturated rings. The first-order chi connectivity index (χ1) is 13.7. The molecule has 5 nitrogen and oxygen atoms in total. The van der Waals surface area contributed by atoms with Crippen LogP contribution in [0.25, 0.3) is 17.2 Å². The minimum atomic E-state index is 0.107. The minimum absolute atomic E-state index is 0.107. The Balaban J connectivity index is 1.76. The second kappa shape index (κ2) is 7.16. The Kier molecular flexibility index (Phi) is 4.79. The van der Waals surface area contributed by atoms with E-state index < -0.39 is 0 Å². The summed E-state index contributed by atoms with van der Waals surface area (Å²) in [6.45, 7) is 10.5. The molecule has 0 amide bonds. The van der Waals surface area contributed by atoms with Crippen LogP contribution in [0.2, 0.25) is 5.02 Å². The van der Waals surface area contributed by atoms with E-state index in [9.17, 15) is 0 Å². The number of fused-ring (bicyclic) bond motifs is 1. The molecule has 0 spiro atoms. The summed E-state index contributed by atoms with van der Waals surface area (Å²) in [6.07, 6.45) is 0. The van der Waals surface area contributed by atoms with Crippen molar-refractivity contribution in [2.24, 2.45) is 0 Å². The second-order valence-electron chi connectivity index (χ2n) is 8.29. The van der Waals surface area contributed by atoms with E-state index in [1.807, 2.05) is 38.1 Å². The van der Waals surface area contributed by atoms with Gasteiger partial charge >= 0.3 is 0 Å². The van der Waals surface area contributed by atoms with Crippen LogP contribution in [0.3, 0.4) is 0 Å². The summed E-state index contributed by atoms with van der Waals surface area (Å²) in [5, 5.41) is 8.86. The number of aryl methyl sites for hydroxylation is 1. The van der Waals surface area contributed by atoms with Crippen molar-refractivity contribution >= 4 is 28.9 Å². The van der Waals surface area contributed by atoms with Gasteiger partial charge in [-0.2, -0.15) is 9.50 Å². The van der Waals surface area contributed by atoms with Gasteiger partial charge in [0.05, 0.1) is 0 Å². The van der Waals surface area contributed by atoms with Crippen molar-refractivity contribution in [3.8, 4) is 11.4 Å². The molecule has 0 atom stereocenters. The molecule has 0 aliphatic rings. The predicted octanol–water partition coefficient (Wildman–Crippen LogP) is 6.10. The lowest BCUT2D eigenvalue weighted by atomic mass is 9.87. The highest BCUT2D eigenvalue weighted by Crippen LogP contribution is 2.28. The van der Waals surface area contributed by atoms with Crippen molar-refractivity contribution in [1.82, 2.24) is 19.6 Å². The zero-order chi connectivity index (χ0) is 20.8. The van der Waals surface area contributed by atoms with Crippen molar-refractivity contribution < 1.29 is 0 Å². The maximum atomic E-state index is 6.27. The van der Waals surface area contributed by atoms with Crippen LogP contribution in [0, 0.1) is 13.8 Å². The third-order valence-corrected chi connectivity index (χ3v) is 5.39. The fraction of sp³-hybridized carbons (Fsp3) is 0.261. The summed E-state index contributed by atoms with van der Waals surface area (Å²) in [5.41, 5.74) is 5.12. The fourth-order valence-electron chi connectivity index (χ4n) is 3.20. The van der Waals surface area contributed by atoms with Gasteiger partial charge in [0, 0.05) is 28.0 Å². The molecule has 0 radical (unpaired) electrons. The molecule has 6 heteroatoms. The van der Waals surface area contributed by atoms with Crippen LogP contribution in [0.15, 0.2) is 48.5 Å². The molecule has 2 heterocycles. The van der Waals surface area contributed by atoms with Gasteiger partial charge < -0.3 is 5.32 Å². The molecular weight excluding hydrogens is 382 g/mol. The molecule has 1 N–H and O–H groups in total. The van der Waals surface area contributed by atoms with Crippen LogP contribution < -0.4 is 5.32 Å². The third-order valence-electron chi connectivity index (χ3n) is 4.98. The number of hydrogen-bond acceptors (Lipinski definition) is 4. The molecule has 0 aliphatic carbocycles. The Labute approximate surface area is 175 Å². The first-order valence-corrected chi connectivity index (χ1v) is 9.97. The van der Waals surface area contributed by atoms with Crippen molar-refractivity contribution in [2.45, 2.75) is 40.0 Å². The number of hydrogen-bond donors (Lipinski definition) is 1. The quantitative estimate of drug-likeness (QED) is 0.447. The van der Waals surface area contributed by atoms with Gasteiger partial charge in [0.15, 0.2) is 5.82 Å². The number of aromatic nitrogens is 4. The Hall–Kier alpha value is -2.92. The molecule has 2 aromatic heterocycles. The highest BCUT2D eigenvalue weighted by molar-refractivity contribution is 6.31. The molecular formula is C23H24ClN5. The smallest absolute Gasteiger partial charge is 0.254 e. The number of benzene rings is 2. The normalized spacial score (nSPS) is 11.8. The van der Waals surface area contributed by atoms with Crippen LogP contribution >= 0.6 is 11.6 Å². The Morgan fingerprint density at radius 2 is 1.69 bits per heavy atom. The van der Waals surface area contributed by atoms with E-state index in [0.717, 1.165) is 33.3 Å². The lowest BCUT2D eigenvalue weighted by Gasteiger charge is -2.18. The van der Waals surface area contributed by atoms with Crippen molar-refractivity contribution in [3.63, 3.8) is 0 Å². The Morgan fingerprint density at radius 3 is 2.38 bits per heavy atom. The van der Waals surface area contributed by atoms with Gasteiger partial charge in [-0.15, -0.1) is 5.10 Å². The third kappa shape index (κ3) is 3.83. The summed E-state index contributed by atoms with van der Waals surface area (Å²) < 4.78 is 1.74. The molecule has 0 aliphatic heterocycles. The van der Waals surface area contributed by atoms with E-state index in [0.29, 0.717) is 11.6 Å². The zero-order valence-corrected chi connectivity index (χ0v) is 18.0. The van der Waals surface area contributed by atoms with Crippen LogP contribution in [0.4, 0.5) is 11.5 Å². The van der Waals surface area contributed by atoms with Crippen LogP contribution in [0.5, 0.6) is 0 Å². The van der Waals surface area contributed by atoms with Gasteiger partial charge in [-0.1, -0.05) is 62.7 Å². The number of nitrogens with zero attached hydrogens (tertiary/aromatic N) is 4. The zero-order valence-electron chi connectivity index (χ0n) is 17.3. The maximum absolute atomic E-state index is 6.27. The SMILES string of the molecule is Cc1cc(Nc2cccc(Cl)c2C)n2nc(-c3ccc(C(C)(C)C)cc3)nc2n1. The molecule has 0 unspecified atom stereocenters. The number of nitrogens with one attached hydrogen (secondary N) is 1. The van der Waals surface area contributed by atoms with Crippen LogP contribution in [0.1, 0.15) is 37.6 Å². The van der Waals surface area contributed by atoms with Gasteiger partial charge in [0.25, 0.3) is 5.78 Å². The molecule has 4 aromatic rings. The molecule has 148 valence electrons. The van der Waals surface area contributed by atoms with E-state index in [1.165, 1.54) is 5.56 Å². The van der Waals surface area contributed by atoms with Crippen molar-refractivity contribution in [2.75, 3.05) is 5.32 Å². The van der Waals surface area contributed by atoms with Gasteiger partial charge in [-0.25, -0.2) is 4.98 Å². The Morgan fingerprint density at radius 1 is 0.966 bits per heavy atom. The highest BCUT2D eigenvalue weighted by Gasteiger charge is 2.16. The highest BCUT2D eigenvalue weighted by atomic mass is 35.5. The molecule has 0 bridgehead atoms. The van der Waals surface area contributed by atoms with E-state index in [-0.39, 0.29) is 5.41 Å². The molecule has 0 saturated carbocycles. The molecule has 29 heavy (non-hydrogen) atoms. The van der Waals surface area contributed by atoms with E-state index >= 15 is 0 Å². The molecule has 4 rings (SSSR count). The van der Waals surface area contributed by atoms with Gasteiger partial charge in [-0.05, 0) is 42.5 Å². The summed E-state index contributed by atoms with van der Waals surface area (Å²) in [5.74, 6) is 2.00. The standard InChI is InChI=1S/C23H24ClN5/c1-14-13-20(26-19-8-6-7-18(24)15(19)2)29-22(25-14)27-21(28-29)16-9-11-17(12-10-16)23(3,4)5/h6-13,26H,1-5H3. The largest absolute Gasteiger partial charge is 0.340 e. The fourth-order valence-corrected chi connectivity index (χ4v) is 3.37. The van der Waals surface area contributed by atoms with E-state index in [1.54, 1.807) is 4.52 Å². The van der Waals surface area contributed by atoms with Crippen molar-refractivity contribution in [3.05, 3.63) is 70.4 Å². The molecule has 0 saturated heterocycles. The average molecular weight is 406 g/mol. The number of halogens is 1. The Bertz CT molecular complexity index is 1190. The molecule has 2 aromatic carbocycles. The van der Waals surface area contributed by atoms with Gasteiger partial charge in [-0.3, -0.25) is 0 Å². The lowest BCUT2D eigenvalue weighted by Crippen LogP contribution is -2.10. The monoisotopic (exact) mass is 405 g/mol. The van der Waals surface area contributed by atoms with Crippen LogP contribution in [-0.4, -0.2) is 19.6 Å². The summed E-state index contributed by atoms with van der Waals surface area (Å²) in [4.78, 5) is 9.20. The predicted molar refractivity (Wildman–Crippen MR) is 119 cm³/mol. The summed E-state index contributed by atoms with van der Waals surface area (Å²) in [6, 6.07) is 16.1. The van der Waals surface area contributed by atoms with Gasteiger partial charge in [0.1, 0.15) is 5.82 Å².